The molecule has 1 saturated heterocycles. The van der Waals surface area contributed by atoms with Crippen LogP contribution in [-0.2, 0) is 4.79 Å². The number of nitrogens with zero attached hydrogens (tertiary/aromatic N) is 2. The van der Waals surface area contributed by atoms with E-state index in [0.717, 1.165) is 37.6 Å². The molecule has 0 unspecified atom stereocenters. The molecule has 1 fully saturated rings. The molecular formula is C22H28N2O2S. The van der Waals surface area contributed by atoms with Gasteiger partial charge in [-0.15, -0.1) is 11.8 Å². The minimum Gasteiger partial charge on any atom is -0.495 e. The highest BCUT2D eigenvalue weighted by atomic mass is 32.2. The number of hydrogen-bond donors (Lipinski definition) is 0. The van der Waals surface area contributed by atoms with Gasteiger partial charge in [0, 0.05) is 31.1 Å². The van der Waals surface area contributed by atoms with E-state index < -0.39 is 0 Å². The molecule has 0 spiro atoms. The molecular weight excluding hydrogens is 356 g/mol. The minimum absolute atomic E-state index is 0.221. The van der Waals surface area contributed by atoms with Crippen LogP contribution >= 0.6 is 11.8 Å². The fourth-order valence-corrected chi connectivity index (χ4v) is 4.73. The summed E-state index contributed by atoms with van der Waals surface area (Å²) in [6, 6.07) is 12.4. The lowest BCUT2D eigenvalue weighted by molar-refractivity contribution is -0.128. The van der Waals surface area contributed by atoms with E-state index in [1.165, 1.54) is 21.6 Å². The summed E-state index contributed by atoms with van der Waals surface area (Å²) in [5.74, 6) is 1.61. The topological polar surface area (TPSA) is 32.8 Å². The van der Waals surface area contributed by atoms with E-state index in [4.69, 9.17) is 4.74 Å². The molecule has 1 heterocycles. The average Bonchev–Trinajstić information content (AvgIpc) is 2.67. The summed E-state index contributed by atoms with van der Waals surface area (Å²) in [5, 5.41) is 0. The van der Waals surface area contributed by atoms with Gasteiger partial charge in [-0.1, -0.05) is 29.8 Å². The zero-order chi connectivity index (χ0) is 19.4. The first kappa shape index (κ1) is 19.6. The molecule has 0 bridgehead atoms. The second-order valence-corrected chi connectivity index (χ2v) is 8.04. The Morgan fingerprint density at radius 2 is 1.67 bits per heavy atom. The number of methoxy groups -OCH3 is 1. The molecule has 1 aliphatic heterocycles. The van der Waals surface area contributed by atoms with Gasteiger partial charge in [-0.2, -0.15) is 0 Å². The molecule has 1 amide bonds. The Labute approximate surface area is 166 Å². The van der Waals surface area contributed by atoms with E-state index in [1.54, 1.807) is 18.9 Å². The number of benzene rings is 2. The monoisotopic (exact) mass is 384 g/mol. The molecule has 0 aliphatic carbocycles. The first-order chi connectivity index (χ1) is 13.0. The first-order valence-electron chi connectivity index (χ1n) is 9.36. The number of carbonyl (C=O) groups excluding carboxylic acids is 1. The SMILES string of the molecule is COc1ccccc1N1CCN(C(=O)CSc2c(C)cc(C)cc2C)CC1. The van der Waals surface area contributed by atoms with Gasteiger partial charge in [-0.25, -0.2) is 0 Å². The highest BCUT2D eigenvalue weighted by Gasteiger charge is 2.23. The van der Waals surface area contributed by atoms with Gasteiger partial charge in [-0.05, 0) is 44.0 Å². The average molecular weight is 385 g/mol. The van der Waals surface area contributed by atoms with E-state index in [0.29, 0.717) is 5.75 Å². The van der Waals surface area contributed by atoms with Gasteiger partial charge in [0.1, 0.15) is 5.75 Å². The zero-order valence-corrected chi connectivity index (χ0v) is 17.4. The van der Waals surface area contributed by atoms with Crippen molar-refractivity contribution >= 4 is 23.4 Å². The Bertz CT molecular complexity index is 791. The van der Waals surface area contributed by atoms with Crippen molar-refractivity contribution in [2.45, 2.75) is 25.7 Å². The van der Waals surface area contributed by atoms with Crippen LogP contribution in [0.5, 0.6) is 5.75 Å². The van der Waals surface area contributed by atoms with E-state index >= 15 is 0 Å². The van der Waals surface area contributed by atoms with E-state index in [-0.39, 0.29) is 5.91 Å². The van der Waals surface area contributed by atoms with E-state index in [9.17, 15) is 4.79 Å². The Kier molecular flexibility index (Phi) is 6.32. The van der Waals surface area contributed by atoms with Crippen LogP contribution in [0.1, 0.15) is 16.7 Å². The van der Waals surface area contributed by atoms with Gasteiger partial charge in [0.25, 0.3) is 0 Å². The molecule has 2 aromatic rings. The molecule has 4 nitrogen and oxygen atoms in total. The Morgan fingerprint density at radius 1 is 1.04 bits per heavy atom. The summed E-state index contributed by atoms with van der Waals surface area (Å²) in [7, 11) is 1.70. The Morgan fingerprint density at radius 3 is 2.30 bits per heavy atom. The number of carbonyl (C=O) groups is 1. The lowest BCUT2D eigenvalue weighted by Gasteiger charge is -2.36. The number of anilines is 1. The van der Waals surface area contributed by atoms with Crippen molar-refractivity contribution < 1.29 is 9.53 Å². The van der Waals surface area contributed by atoms with Crippen LogP contribution < -0.4 is 9.64 Å². The summed E-state index contributed by atoms with van der Waals surface area (Å²) in [6.45, 7) is 9.53. The van der Waals surface area contributed by atoms with Crippen molar-refractivity contribution in [3.8, 4) is 5.75 Å². The standard InChI is InChI=1S/C22H28N2O2S/c1-16-13-17(2)22(18(3)14-16)27-15-21(25)24-11-9-23(10-12-24)19-7-5-6-8-20(19)26-4/h5-8,13-14H,9-12,15H2,1-4H3. The quantitative estimate of drug-likeness (QED) is 0.728. The minimum atomic E-state index is 0.221. The number of aryl methyl sites for hydroxylation is 3. The summed E-state index contributed by atoms with van der Waals surface area (Å²) < 4.78 is 5.47. The molecule has 1 aliphatic rings. The van der Waals surface area contributed by atoms with Crippen LogP contribution in [0.15, 0.2) is 41.3 Å². The normalized spacial score (nSPS) is 14.4. The van der Waals surface area contributed by atoms with Gasteiger partial charge in [0.05, 0.1) is 18.6 Å². The number of hydrogen-bond acceptors (Lipinski definition) is 4. The molecule has 27 heavy (non-hydrogen) atoms. The van der Waals surface area contributed by atoms with Crippen molar-refractivity contribution in [1.29, 1.82) is 0 Å². The highest BCUT2D eigenvalue weighted by molar-refractivity contribution is 8.00. The van der Waals surface area contributed by atoms with Crippen LogP contribution in [0.2, 0.25) is 0 Å². The van der Waals surface area contributed by atoms with Crippen LogP contribution in [-0.4, -0.2) is 49.8 Å². The number of amides is 1. The van der Waals surface area contributed by atoms with Gasteiger partial charge < -0.3 is 14.5 Å². The maximum absolute atomic E-state index is 12.7. The van der Waals surface area contributed by atoms with Crippen molar-refractivity contribution in [2.75, 3.05) is 43.9 Å². The number of ether oxygens (including phenoxy) is 1. The molecule has 2 aromatic carbocycles. The second-order valence-electron chi connectivity index (χ2n) is 7.06. The third-order valence-corrected chi connectivity index (χ3v) is 6.33. The molecule has 0 radical (unpaired) electrons. The largest absolute Gasteiger partial charge is 0.495 e. The molecule has 5 heteroatoms. The fourth-order valence-electron chi connectivity index (χ4n) is 3.71. The van der Waals surface area contributed by atoms with Crippen LogP contribution in [0.3, 0.4) is 0 Å². The highest BCUT2D eigenvalue weighted by Crippen LogP contribution is 2.30. The maximum Gasteiger partial charge on any atom is 0.233 e. The van der Waals surface area contributed by atoms with E-state index in [2.05, 4.69) is 43.9 Å². The van der Waals surface area contributed by atoms with Gasteiger partial charge >= 0.3 is 0 Å². The number of rotatable bonds is 5. The predicted molar refractivity (Wildman–Crippen MR) is 113 cm³/mol. The third kappa shape index (κ3) is 4.59. The molecule has 3 rings (SSSR count). The van der Waals surface area contributed by atoms with Crippen LogP contribution in [0, 0.1) is 20.8 Å². The summed E-state index contributed by atoms with van der Waals surface area (Å²) >= 11 is 1.66. The number of para-hydroxylation sites is 2. The first-order valence-corrected chi connectivity index (χ1v) is 10.3. The van der Waals surface area contributed by atoms with Crippen LogP contribution in [0.4, 0.5) is 5.69 Å². The molecule has 0 saturated carbocycles. The smallest absolute Gasteiger partial charge is 0.233 e. The lowest BCUT2D eigenvalue weighted by Crippen LogP contribution is -2.49. The summed E-state index contributed by atoms with van der Waals surface area (Å²) in [4.78, 5) is 18.2. The van der Waals surface area contributed by atoms with Crippen molar-refractivity contribution in [2.24, 2.45) is 0 Å². The third-order valence-electron chi connectivity index (χ3n) is 5.00. The van der Waals surface area contributed by atoms with Crippen molar-refractivity contribution in [1.82, 2.24) is 4.90 Å². The van der Waals surface area contributed by atoms with Gasteiger partial charge in [0.15, 0.2) is 0 Å². The van der Waals surface area contributed by atoms with Crippen molar-refractivity contribution in [3.05, 3.63) is 53.1 Å². The predicted octanol–water partition coefficient (Wildman–Crippen LogP) is 4.06. The molecule has 0 atom stereocenters. The van der Waals surface area contributed by atoms with Gasteiger partial charge in [-0.3, -0.25) is 4.79 Å². The van der Waals surface area contributed by atoms with Crippen LogP contribution in [0.25, 0.3) is 0 Å². The van der Waals surface area contributed by atoms with Gasteiger partial charge in [0.2, 0.25) is 5.91 Å². The molecule has 0 N–H and O–H groups in total. The zero-order valence-electron chi connectivity index (χ0n) is 16.6. The fraction of sp³-hybridized carbons (Fsp3) is 0.409. The number of piperazine rings is 1. The van der Waals surface area contributed by atoms with E-state index in [1.807, 2.05) is 23.1 Å². The summed E-state index contributed by atoms with van der Waals surface area (Å²) in [5.41, 5.74) is 4.89. The second kappa shape index (κ2) is 8.70. The molecule has 0 aromatic heterocycles. The lowest BCUT2D eigenvalue weighted by atomic mass is 10.1. The molecule has 144 valence electrons. The maximum atomic E-state index is 12.7. The summed E-state index contributed by atoms with van der Waals surface area (Å²) in [6.07, 6.45) is 0. The Balaban J connectivity index is 1.56. The number of thioether (sulfide) groups is 1. The Hall–Kier alpha value is -2.14. The van der Waals surface area contributed by atoms with Crippen molar-refractivity contribution in [3.63, 3.8) is 0 Å².